The number of hydrogen-bond donors (Lipinski definition) is 1. The second-order valence-electron chi connectivity index (χ2n) is 8.07. The van der Waals surface area contributed by atoms with Crippen molar-refractivity contribution in [1.82, 2.24) is 10.2 Å². The van der Waals surface area contributed by atoms with Gasteiger partial charge in [-0.3, -0.25) is 9.69 Å². The molecule has 0 spiro atoms. The van der Waals surface area contributed by atoms with Gasteiger partial charge in [-0.2, -0.15) is 0 Å². The number of benzene rings is 2. The van der Waals surface area contributed by atoms with Crippen LogP contribution in [0.3, 0.4) is 0 Å². The zero-order valence-corrected chi connectivity index (χ0v) is 17.1. The number of nitrogens with zero attached hydrogens (tertiary/aromatic N) is 1. The Morgan fingerprint density at radius 3 is 2.48 bits per heavy atom. The maximum Gasteiger partial charge on any atom is 0.223 e. The molecule has 1 amide bonds. The summed E-state index contributed by atoms with van der Waals surface area (Å²) in [6, 6.07) is 15.1. The Bertz CT molecular complexity index is 791. The van der Waals surface area contributed by atoms with Crippen LogP contribution in [-0.4, -0.2) is 23.9 Å². The molecule has 2 aromatic carbocycles. The molecular weight excluding hydrogens is 332 g/mol. The summed E-state index contributed by atoms with van der Waals surface area (Å²) in [4.78, 5) is 15.2. The molecule has 0 saturated carbocycles. The number of rotatable bonds is 5. The molecule has 144 valence electrons. The van der Waals surface area contributed by atoms with Gasteiger partial charge in [-0.05, 0) is 75.9 Å². The number of piperidine rings is 1. The quantitative estimate of drug-likeness (QED) is 0.834. The molecule has 1 heterocycles. The maximum absolute atomic E-state index is 12.8. The maximum atomic E-state index is 12.8. The molecule has 0 aromatic heterocycles. The topological polar surface area (TPSA) is 32.3 Å². The Kier molecular flexibility index (Phi) is 6.33. The Morgan fingerprint density at radius 1 is 1.07 bits per heavy atom. The van der Waals surface area contributed by atoms with Crippen molar-refractivity contribution in [2.24, 2.45) is 5.92 Å². The molecule has 3 nitrogen and oxygen atoms in total. The lowest BCUT2D eigenvalue weighted by atomic mass is 9.94. The van der Waals surface area contributed by atoms with Crippen LogP contribution in [0, 0.1) is 26.7 Å². The fourth-order valence-electron chi connectivity index (χ4n) is 4.02. The lowest BCUT2D eigenvalue weighted by molar-refractivity contribution is -0.127. The highest BCUT2D eigenvalue weighted by atomic mass is 16.1. The van der Waals surface area contributed by atoms with Crippen LogP contribution in [0.15, 0.2) is 42.5 Å². The van der Waals surface area contributed by atoms with Crippen molar-refractivity contribution in [2.45, 2.75) is 53.1 Å². The van der Waals surface area contributed by atoms with Gasteiger partial charge in [0.1, 0.15) is 0 Å². The van der Waals surface area contributed by atoms with Gasteiger partial charge in [0.25, 0.3) is 0 Å². The minimum Gasteiger partial charge on any atom is -0.349 e. The van der Waals surface area contributed by atoms with Gasteiger partial charge in [-0.1, -0.05) is 48.0 Å². The van der Waals surface area contributed by atoms with Crippen LogP contribution in [0.2, 0.25) is 0 Å². The highest BCUT2D eigenvalue weighted by Crippen LogP contribution is 2.23. The first-order chi connectivity index (χ1) is 12.9. The smallest absolute Gasteiger partial charge is 0.223 e. The fraction of sp³-hybridized carbons (Fsp3) is 0.458. The molecule has 1 fully saturated rings. The van der Waals surface area contributed by atoms with Gasteiger partial charge in [-0.25, -0.2) is 0 Å². The predicted octanol–water partition coefficient (Wildman–Crippen LogP) is 4.70. The number of carbonyl (C=O) groups excluding carboxylic acids is 1. The van der Waals surface area contributed by atoms with E-state index < -0.39 is 0 Å². The molecule has 3 rings (SSSR count). The van der Waals surface area contributed by atoms with Crippen LogP contribution >= 0.6 is 0 Å². The molecule has 0 aliphatic carbocycles. The summed E-state index contributed by atoms with van der Waals surface area (Å²) in [6.45, 7) is 11.4. The number of hydrogen-bond acceptors (Lipinski definition) is 2. The number of amides is 1. The summed E-state index contributed by atoms with van der Waals surface area (Å²) < 4.78 is 0. The molecule has 1 N–H and O–H groups in total. The lowest BCUT2D eigenvalue weighted by Gasteiger charge is -2.32. The molecule has 0 bridgehead atoms. The van der Waals surface area contributed by atoms with Crippen molar-refractivity contribution in [2.75, 3.05) is 13.1 Å². The van der Waals surface area contributed by atoms with E-state index in [0.717, 1.165) is 32.5 Å². The van der Waals surface area contributed by atoms with Gasteiger partial charge >= 0.3 is 0 Å². The van der Waals surface area contributed by atoms with Crippen LogP contribution in [-0.2, 0) is 11.3 Å². The minimum atomic E-state index is 0.0578. The van der Waals surface area contributed by atoms with E-state index in [1.807, 2.05) is 0 Å². The van der Waals surface area contributed by atoms with E-state index in [1.54, 1.807) is 0 Å². The third kappa shape index (κ3) is 4.98. The molecule has 1 unspecified atom stereocenters. The molecule has 1 aliphatic rings. The van der Waals surface area contributed by atoms with Crippen LogP contribution in [0.1, 0.15) is 53.6 Å². The second-order valence-corrected chi connectivity index (χ2v) is 8.07. The zero-order chi connectivity index (χ0) is 19.4. The van der Waals surface area contributed by atoms with Crippen molar-refractivity contribution in [3.05, 3.63) is 70.3 Å². The van der Waals surface area contributed by atoms with E-state index in [1.165, 1.54) is 27.8 Å². The van der Waals surface area contributed by atoms with Crippen molar-refractivity contribution >= 4 is 5.91 Å². The van der Waals surface area contributed by atoms with E-state index in [4.69, 9.17) is 0 Å². The Morgan fingerprint density at radius 2 is 1.78 bits per heavy atom. The average Bonchev–Trinajstić information content (AvgIpc) is 2.66. The number of nitrogens with one attached hydrogen (secondary N) is 1. The molecule has 1 aliphatic heterocycles. The van der Waals surface area contributed by atoms with Crippen molar-refractivity contribution in [1.29, 1.82) is 0 Å². The van der Waals surface area contributed by atoms with Gasteiger partial charge in [0.05, 0.1) is 6.04 Å². The minimum absolute atomic E-state index is 0.0578. The first kappa shape index (κ1) is 19.6. The van der Waals surface area contributed by atoms with Crippen molar-refractivity contribution in [3.8, 4) is 0 Å². The summed E-state index contributed by atoms with van der Waals surface area (Å²) >= 11 is 0. The van der Waals surface area contributed by atoms with Gasteiger partial charge < -0.3 is 5.32 Å². The van der Waals surface area contributed by atoms with Gasteiger partial charge in [0.15, 0.2) is 0 Å². The first-order valence-electron chi connectivity index (χ1n) is 10.1. The van der Waals surface area contributed by atoms with Crippen molar-refractivity contribution in [3.63, 3.8) is 0 Å². The number of likely N-dealkylation sites (tertiary alicyclic amines) is 1. The molecule has 1 saturated heterocycles. The number of aryl methyl sites for hydroxylation is 3. The van der Waals surface area contributed by atoms with E-state index in [9.17, 15) is 4.79 Å². The monoisotopic (exact) mass is 364 g/mol. The first-order valence-corrected chi connectivity index (χ1v) is 10.1. The molecule has 1 atom stereocenters. The van der Waals surface area contributed by atoms with Crippen LogP contribution in [0.5, 0.6) is 0 Å². The van der Waals surface area contributed by atoms with E-state index in [-0.39, 0.29) is 17.9 Å². The van der Waals surface area contributed by atoms with Crippen molar-refractivity contribution < 1.29 is 4.79 Å². The average molecular weight is 365 g/mol. The fourth-order valence-corrected chi connectivity index (χ4v) is 4.02. The number of carbonyl (C=O) groups is 1. The summed E-state index contributed by atoms with van der Waals surface area (Å²) in [5, 5.41) is 3.25. The third-order valence-corrected chi connectivity index (χ3v) is 5.87. The SMILES string of the molecule is Cc1ccc(C)c(C(C)NC(=O)C2CCN(Cc3ccccc3C)CC2)c1. The second kappa shape index (κ2) is 8.71. The van der Waals surface area contributed by atoms with Gasteiger partial charge in [0, 0.05) is 12.5 Å². The highest BCUT2D eigenvalue weighted by Gasteiger charge is 2.26. The van der Waals surface area contributed by atoms with E-state index >= 15 is 0 Å². The van der Waals surface area contributed by atoms with Crippen LogP contribution in [0.25, 0.3) is 0 Å². The normalized spacial score (nSPS) is 16.9. The van der Waals surface area contributed by atoms with E-state index in [2.05, 4.69) is 80.4 Å². The largest absolute Gasteiger partial charge is 0.349 e. The zero-order valence-electron chi connectivity index (χ0n) is 17.1. The predicted molar refractivity (Wildman–Crippen MR) is 112 cm³/mol. The van der Waals surface area contributed by atoms with Crippen LogP contribution < -0.4 is 5.32 Å². The summed E-state index contributed by atoms with van der Waals surface area (Å²) in [5.41, 5.74) is 6.44. The Hall–Kier alpha value is -2.13. The Labute approximate surface area is 163 Å². The molecule has 0 radical (unpaired) electrons. The van der Waals surface area contributed by atoms with Gasteiger partial charge in [-0.15, -0.1) is 0 Å². The molecule has 3 heteroatoms. The third-order valence-electron chi connectivity index (χ3n) is 5.87. The lowest BCUT2D eigenvalue weighted by Crippen LogP contribution is -2.41. The standard InChI is InChI=1S/C24H32N2O/c1-17-9-10-19(3)23(15-17)20(4)25-24(27)21-11-13-26(14-12-21)16-22-8-6-5-7-18(22)2/h5-10,15,20-21H,11-14,16H2,1-4H3,(H,25,27). The highest BCUT2D eigenvalue weighted by molar-refractivity contribution is 5.79. The van der Waals surface area contributed by atoms with Gasteiger partial charge in [0.2, 0.25) is 5.91 Å². The summed E-state index contributed by atoms with van der Waals surface area (Å²) in [5.74, 6) is 0.338. The molecule has 2 aromatic rings. The van der Waals surface area contributed by atoms with E-state index in [0.29, 0.717) is 0 Å². The summed E-state index contributed by atoms with van der Waals surface area (Å²) in [7, 11) is 0. The summed E-state index contributed by atoms with van der Waals surface area (Å²) in [6.07, 6.45) is 1.88. The molecule has 27 heavy (non-hydrogen) atoms. The molecular formula is C24H32N2O. The van der Waals surface area contributed by atoms with Crippen LogP contribution in [0.4, 0.5) is 0 Å². The Balaban J connectivity index is 1.52.